The second-order valence-corrected chi connectivity index (χ2v) is 7.36. The van der Waals surface area contributed by atoms with E-state index in [1.54, 1.807) is 7.11 Å². The number of benzene rings is 3. The molecule has 3 aromatic carbocycles. The van der Waals surface area contributed by atoms with Gasteiger partial charge in [-0.3, -0.25) is 9.55 Å². The number of halogens is 1. The van der Waals surface area contributed by atoms with E-state index < -0.39 is 0 Å². The number of aromatic nitrogens is 3. The topological polar surface area (TPSA) is 39.9 Å². The third-order valence-electron chi connectivity index (χ3n) is 5.16. The number of methoxy groups -OCH3 is 1. The number of hydrogen-bond donors (Lipinski definition) is 0. The molecule has 5 rings (SSSR count). The van der Waals surface area contributed by atoms with Crippen molar-refractivity contribution in [3.8, 4) is 22.6 Å². The quantitative estimate of drug-likeness (QED) is 0.362. The first-order valence-electron chi connectivity index (χ1n) is 9.32. The van der Waals surface area contributed by atoms with Gasteiger partial charge in [0.1, 0.15) is 17.1 Å². The monoisotopic (exact) mass is 399 g/mol. The Hall–Kier alpha value is -3.37. The summed E-state index contributed by atoms with van der Waals surface area (Å²) in [5.74, 6) is 1.74. The highest BCUT2D eigenvalue weighted by atomic mass is 35.5. The summed E-state index contributed by atoms with van der Waals surface area (Å²) in [5, 5.41) is 1.79. The van der Waals surface area contributed by atoms with Gasteiger partial charge in [0.25, 0.3) is 0 Å². The number of hydrogen-bond acceptors (Lipinski definition) is 3. The lowest BCUT2D eigenvalue weighted by Gasteiger charge is -2.11. The van der Waals surface area contributed by atoms with E-state index in [0.717, 1.165) is 55.3 Å². The van der Waals surface area contributed by atoms with Crippen molar-refractivity contribution in [1.82, 2.24) is 14.5 Å². The third kappa shape index (κ3) is 3.02. The SMILES string of the molecule is COc1ccc(-n2c(C)nc3cnc4ccc(-c5ccc(Cl)cc5)cc4c32)cc1. The number of fused-ring (bicyclic) bond motifs is 3. The van der Waals surface area contributed by atoms with Gasteiger partial charge in [-0.2, -0.15) is 0 Å². The molecule has 0 bridgehead atoms. The highest BCUT2D eigenvalue weighted by Crippen LogP contribution is 2.32. The predicted molar refractivity (Wildman–Crippen MR) is 118 cm³/mol. The van der Waals surface area contributed by atoms with Gasteiger partial charge < -0.3 is 4.74 Å². The molecule has 2 aromatic heterocycles. The second-order valence-electron chi connectivity index (χ2n) is 6.92. The Kier molecular flexibility index (Phi) is 4.22. The number of imidazole rings is 1. The second kappa shape index (κ2) is 6.90. The van der Waals surface area contributed by atoms with Crippen molar-refractivity contribution in [2.45, 2.75) is 6.92 Å². The van der Waals surface area contributed by atoms with Crippen molar-refractivity contribution in [3.05, 3.63) is 83.8 Å². The van der Waals surface area contributed by atoms with Crippen molar-refractivity contribution in [2.24, 2.45) is 0 Å². The number of aryl methyl sites for hydroxylation is 1. The summed E-state index contributed by atoms with van der Waals surface area (Å²) >= 11 is 6.05. The molecular formula is C24H18ClN3O. The van der Waals surface area contributed by atoms with Crippen LogP contribution in [0.3, 0.4) is 0 Å². The Bertz CT molecular complexity index is 1340. The molecule has 0 fully saturated rings. The summed E-state index contributed by atoms with van der Waals surface area (Å²) in [7, 11) is 1.67. The molecule has 0 saturated heterocycles. The standard InChI is InChI=1S/C24H18ClN3O/c1-15-27-23-14-26-22-12-5-17(16-3-6-18(25)7-4-16)13-21(22)24(23)28(15)19-8-10-20(29-2)11-9-19/h3-14H,1-2H3. The number of rotatable bonds is 3. The molecule has 0 N–H and O–H groups in total. The molecule has 0 atom stereocenters. The first kappa shape index (κ1) is 17.7. The van der Waals surface area contributed by atoms with Crippen molar-refractivity contribution in [2.75, 3.05) is 7.11 Å². The Morgan fingerprint density at radius 3 is 2.31 bits per heavy atom. The Morgan fingerprint density at radius 2 is 1.59 bits per heavy atom. The van der Waals surface area contributed by atoms with Crippen LogP contribution in [0.5, 0.6) is 5.75 Å². The van der Waals surface area contributed by atoms with Crippen LogP contribution >= 0.6 is 11.6 Å². The zero-order chi connectivity index (χ0) is 20.0. The van der Waals surface area contributed by atoms with Crippen LogP contribution in [0.1, 0.15) is 5.82 Å². The van der Waals surface area contributed by atoms with E-state index >= 15 is 0 Å². The molecule has 0 spiro atoms. The molecule has 0 aliphatic heterocycles. The van der Waals surface area contributed by atoms with Crippen LogP contribution in [0.2, 0.25) is 5.02 Å². The van der Waals surface area contributed by atoms with Crippen LogP contribution in [0.15, 0.2) is 72.9 Å². The maximum atomic E-state index is 6.05. The van der Waals surface area contributed by atoms with E-state index in [9.17, 15) is 0 Å². The molecule has 5 aromatic rings. The van der Waals surface area contributed by atoms with Gasteiger partial charge in [-0.05, 0) is 66.6 Å². The summed E-state index contributed by atoms with van der Waals surface area (Å²) in [6, 6.07) is 22.2. The van der Waals surface area contributed by atoms with E-state index in [1.807, 2.05) is 61.7 Å². The molecule has 2 heterocycles. The van der Waals surface area contributed by atoms with Crippen LogP contribution in [-0.4, -0.2) is 21.6 Å². The molecule has 0 radical (unpaired) electrons. The van der Waals surface area contributed by atoms with Gasteiger partial charge in [-0.1, -0.05) is 29.8 Å². The predicted octanol–water partition coefficient (Wildman–Crippen LogP) is 6.21. The average molecular weight is 400 g/mol. The Balaban J connectivity index is 1.78. The van der Waals surface area contributed by atoms with Crippen LogP contribution in [0.25, 0.3) is 38.8 Å². The summed E-state index contributed by atoms with van der Waals surface area (Å²) in [5.41, 5.74) is 6.12. The molecule has 0 aliphatic carbocycles. The molecule has 0 aliphatic rings. The molecule has 142 valence electrons. The molecule has 0 amide bonds. The molecule has 0 unspecified atom stereocenters. The maximum absolute atomic E-state index is 6.05. The number of pyridine rings is 1. The fraction of sp³-hybridized carbons (Fsp3) is 0.0833. The van der Waals surface area contributed by atoms with E-state index in [0.29, 0.717) is 0 Å². The maximum Gasteiger partial charge on any atom is 0.119 e. The summed E-state index contributed by atoms with van der Waals surface area (Å²) in [6.45, 7) is 2.01. The normalized spacial score (nSPS) is 11.3. The lowest BCUT2D eigenvalue weighted by Crippen LogP contribution is -1.98. The van der Waals surface area contributed by atoms with E-state index in [4.69, 9.17) is 21.3 Å². The van der Waals surface area contributed by atoms with Gasteiger partial charge >= 0.3 is 0 Å². The van der Waals surface area contributed by atoms with Gasteiger partial charge in [0.2, 0.25) is 0 Å². The minimum atomic E-state index is 0.729. The van der Waals surface area contributed by atoms with Crippen LogP contribution in [-0.2, 0) is 0 Å². The van der Waals surface area contributed by atoms with Crippen molar-refractivity contribution in [1.29, 1.82) is 0 Å². The van der Waals surface area contributed by atoms with Crippen molar-refractivity contribution in [3.63, 3.8) is 0 Å². The fourth-order valence-electron chi connectivity index (χ4n) is 3.74. The molecule has 4 nitrogen and oxygen atoms in total. The largest absolute Gasteiger partial charge is 0.497 e. The summed E-state index contributed by atoms with van der Waals surface area (Å²) < 4.78 is 7.47. The first-order chi connectivity index (χ1) is 14.1. The average Bonchev–Trinajstić information content (AvgIpc) is 3.10. The minimum Gasteiger partial charge on any atom is -0.497 e. The fourth-order valence-corrected chi connectivity index (χ4v) is 3.87. The first-order valence-corrected chi connectivity index (χ1v) is 9.70. The molecular weight excluding hydrogens is 382 g/mol. The van der Waals surface area contributed by atoms with E-state index in [2.05, 4.69) is 27.8 Å². The smallest absolute Gasteiger partial charge is 0.119 e. The molecule has 5 heteroatoms. The van der Waals surface area contributed by atoms with Gasteiger partial charge in [0.05, 0.1) is 24.3 Å². The minimum absolute atomic E-state index is 0.729. The van der Waals surface area contributed by atoms with Crippen LogP contribution < -0.4 is 4.74 Å². The van der Waals surface area contributed by atoms with Gasteiger partial charge in [-0.15, -0.1) is 0 Å². The van der Waals surface area contributed by atoms with E-state index in [-0.39, 0.29) is 0 Å². The lowest BCUT2D eigenvalue weighted by atomic mass is 10.0. The highest BCUT2D eigenvalue weighted by Gasteiger charge is 2.14. The lowest BCUT2D eigenvalue weighted by molar-refractivity contribution is 0.415. The van der Waals surface area contributed by atoms with Crippen molar-refractivity contribution >= 4 is 33.5 Å². The summed E-state index contributed by atoms with van der Waals surface area (Å²) in [6.07, 6.45) is 1.84. The Morgan fingerprint density at radius 1 is 0.862 bits per heavy atom. The molecule has 0 saturated carbocycles. The number of nitrogens with zero attached hydrogens (tertiary/aromatic N) is 3. The summed E-state index contributed by atoms with van der Waals surface area (Å²) in [4.78, 5) is 9.36. The van der Waals surface area contributed by atoms with Crippen molar-refractivity contribution < 1.29 is 4.74 Å². The van der Waals surface area contributed by atoms with Crippen LogP contribution in [0.4, 0.5) is 0 Å². The van der Waals surface area contributed by atoms with Gasteiger partial charge in [0.15, 0.2) is 0 Å². The zero-order valence-corrected chi connectivity index (χ0v) is 16.8. The van der Waals surface area contributed by atoms with E-state index in [1.165, 1.54) is 0 Å². The van der Waals surface area contributed by atoms with Gasteiger partial charge in [-0.25, -0.2) is 4.98 Å². The highest BCUT2D eigenvalue weighted by molar-refractivity contribution is 6.30. The zero-order valence-electron chi connectivity index (χ0n) is 16.1. The number of ether oxygens (including phenoxy) is 1. The Labute approximate surface area is 173 Å². The van der Waals surface area contributed by atoms with Crippen LogP contribution in [0, 0.1) is 6.92 Å². The van der Waals surface area contributed by atoms with Gasteiger partial charge in [0, 0.05) is 16.1 Å². The third-order valence-corrected chi connectivity index (χ3v) is 5.41. The molecule has 29 heavy (non-hydrogen) atoms.